The summed E-state index contributed by atoms with van der Waals surface area (Å²) in [5, 5.41) is 5.16. The smallest absolute Gasteiger partial charge is 0.312 e. The third kappa shape index (κ3) is 3.60. The molecule has 1 aliphatic carbocycles. The minimum atomic E-state index is -0.171. The predicted molar refractivity (Wildman–Crippen MR) is 125 cm³/mol. The van der Waals surface area contributed by atoms with Crippen LogP contribution in [0.15, 0.2) is 29.2 Å². The van der Waals surface area contributed by atoms with Gasteiger partial charge < -0.3 is 5.32 Å². The highest BCUT2D eigenvalue weighted by Gasteiger charge is 2.28. The van der Waals surface area contributed by atoms with E-state index in [0.29, 0.717) is 22.2 Å². The van der Waals surface area contributed by atoms with Gasteiger partial charge in [0.2, 0.25) is 0 Å². The first-order valence-electron chi connectivity index (χ1n) is 10.0. The number of halogens is 1. The van der Waals surface area contributed by atoms with Gasteiger partial charge >= 0.3 is 5.69 Å². The first kappa shape index (κ1) is 19.9. The molecule has 0 spiro atoms. The highest BCUT2D eigenvalue weighted by Crippen LogP contribution is 2.41. The van der Waals surface area contributed by atoms with Crippen molar-refractivity contribution in [2.24, 2.45) is 0 Å². The molecular formula is C22H21ClN4OS2. The third-order valence-corrected chi connectivity index (χ3v) is 7.29. The van der Waals surface area contributed by atoms with E-state index in [2.05, 4.69) is 22.5 Å². The Morgan fingerprint density at radius 3 is 3.00 bits per heavy atom. The zero-order valence-corrected chi connectivity index (χ0v) is 18.8. The van der Waals surface area contributed by atoms with E-state index in [-0.39, 0.29) is 11.6 Å². The number of nitrogens with one attached hydrogen (secondary N) is 2. The predicted octanol–water partition coefficient (Wildman–Crippen LogP) is 4.74. The molecule has 2 aliphatic rings. The van der Waals surface area contributed by atoms with E-state index in [4.69, 9.17) is 28.8 Å². The summed E-state index contributed by atoms with van der Waals surface area (Å²) in [6.45, 7) is 3.64. The number of hydrogen-bond donors (Lipinski definition) is 2. The van der Waals surface area contributed by atoms with Crippen LogP contribution in [-0.2, 0) is 6.54 Å². The Bertz CT molecular complexity index is 1270. The molecule has 1 aliphatic heterocycles. The number of aryl methyl sites for hydroxylation is 1. The number of nitrogens with zero attached hydrogens (tertiary/aromatic N) is 2. The average molecular weight is 457 g/mol. The quantitative estimate of drug-likeness (QED) is 0.437. The van der Waals surface area contributed by atoms with E-state index in [0.717, 1.165) is 51.7 Å². The SMILES string of the molecule is Cc1nc2c(s1)C=Cc1cc(Cl)ccc1C2c1cn(CC2CCCN2)c(=O)[nH]c1=S. The molecule has 5 nitrogen and oxygen atoms in total. The largest absolute Gasteiger partial charge is 0.326 e. The van der Waals surface area contributed by atoms with Crippen LogP contribution in [0.4, 0.5) is 0 Å². The number of hydrogen-bond acceptors (Lipinski definition) is 5. The number of rotatable bonds is 3. The maximum absolute atomic E-state index is 12.6. The van der Waals surface area contributed by atoms with Gasteiger partial charge in [-0.05, 0) is 55.6 Å². The zero-order chi connectivity index (χ0) is 20.8. The fourth-order valence-corrected chi connectivity index (χ4v) is 5.69. The van der Waals surface area contributed by atoms with Crippen LogP contribution in [0, 0.1) is 11.6 Å². The maximum Gasteiger partial charge on any atom is 0.326 e. The van der Waals surface area contributed by atoms with Crippen LogP contribution in [0.1, 0.15) is 51.0 Å². The summed E-state index contributed by atoms with van der Waals surface area (Å²) in [5.74, 6) is -0.167. The molecule has 3 aromatic rings. The minimum Gasteiger partial charge on any atom is -0.312 e. The van der Waals surface area contributed by atoms with Crippen LogP contribution < -0.4 is 11.0 Å². The van der Waals surface area contributed by atoms with Gasteiger partial charge in [0.15, 0.2) is 0 Å². The molecule has 1 saturated heterocycles. The van der Waals surface area contributed by atoms with E-state index in [1.165, 1.54) is 0 Å². The number of H-pyrrole nitrogens is 1. The molecule has 2 aromatic heterocycles. The number of benzene rings is 1. The Balaban J connectivity index is 1.70. The van der Waals surface area contributed by atoms with Gasteiger partial charge in [-0.25, -0.2) is 9.78 Å². The Kier molecular flexibility index (Phi) is 5.23. The van der Waals surface area contributed by atoms with Crippen molar-refractivity contribution in [3.63, 3.8) is 0 Å². The van der Waals surface area contributed by atoms with Gasteiger partial charge in [0.25, 0.3) is 0 Å². The maximum atomic E-state index is 12.6. The molecule has 0 saturated carbocycles. The summed E-state index contributed by atoms with van der Waals surface area (Å²) < 4.78 is 2.21. The third-order valence-electron chi connectivity index (χ3n) is 5.76. The van der Waals surface area contributed by atoms with Gasteiger partial charge in [0, 0.05) is 29.4 Å². The zero-order valence-electron chi connectivity index (χ0n) is 16.4. The second-order valence-corrected chi connectivity index (χ2v) is 9.89. The number of aromatic amines is 1. The highest BCUT2D eigenvalue weighted by atomic mass is 35.5. The van der Waals surface area contributed by atoms with Crippen molar-refractivity contribution in [3.8, 4) is 0 Å². The molecule has 0 radical (unpaired) electrons. The Hall–Kier alpha value is -2.06. The molecule has 2 unspecified atom stereocenters. The lowest BCUT2D eigenvalue weighted by molar-refractivity contribution is 0.490. The van der Waals surface area contributed by atoms with Crippen LogP contribution in [-0.4, -0.2) is 27.1 Å². The standard InChI is InChI=1S/C22H21ClN4OS2/c1-12-25-20-18(30-12)7-4-13-9-14(23)5-6-16(13)19(20)17-11-27(22(28)26-21(17)29)10-15-3-2-8-24-15/h4-7,9,11,15,19,24H,2-3,8,10H2,1H3,(H,26,28,29). The summed E-state index contributed by atoms with van der Waals surface area (Å²) in [6, 6.07) is 6.21. The van der Waals surface area contributed by atoms with Gasteiger partial charge in [-0.3, -0.25) is 9.55 Å². The van der Waals surface area contributed by atoms with Crippen molar-refractivity contribution in [2.45, 2.75) is 38.3 Å². The topological polar surface area (TPSA) is 62.7 Å². The lowest BCUT2D eigenvalue weighted by Gasteiger charge is -2.20. The minimum absolute atomic E-state index is 0.167. The van der Waals surface area contributed by atoms with Crippen molar-refractivity contribution in [2.75, 3.05) is 6.54 Å². The molecule has 0 bridgehead atoms. The normalized spacial score (nSPS) is 20.1. The molecular weight excluding hydrogens is 436 g/mol. The monoisotopic (exact) mass is 456 g/mol. The first-order chi connectivity index (χ1) is 14.5. The second-order valence-electron chi connectivity index (χ2n) is 7.81. The highest BCUT2D eigenvalue weighted by molar-refractivity contribution is 7.71. The van der Waals surface area contributed by atoms with Crippen LogP contribution in [0.25, 0.3) is 12.2 Å². The van der Waals surface area contributed by atoms with Crippen molar-refractivity contribution in [1.82, 2.24) is 19.9 Å². The van der Waals surface area contributed by atoms with Gasteiger partial charge in [-0.15, -0.1) is 11.3 Å². The Labute approximate surface area is 188 Å². The van der Waals surface area contributed by atoms with E-state index in [1.54, 1.807) is 15.9 Å². The van der Waals surface area contributed by atoms with Crippen LogP contribution in [0.3, 0.4) is 0 Å². The van der Waals surface area contributed by atoms with Crippen molar-refractivity contribution in [1.29, 1.82) is 0 Å². The van der Waals surface area contributed by atoms with Crippen LogP contribution in [0.2, 0.25) is 5.02 Å². The summed E-state index contributed by atoms with van der Waals surface area (Å²) in [7, 11) is 0. The molecule has 30 heavy (non-hydrogen) atoms. The molecule has 5 rings (SSSR count). The Morgan fingerprint density at radius 1 is 1.33 bits per heavy atom. The van der Waals surface area contributed by atoms with Gasteiger partial charge in [0.1, 0.15) is 4.64 Å². The van der Waals surface area contributed by atoms with Crippen LogP contribution in [0.5, 0.6) is 0 Å². The van der Waals surface area contributed by atoms with E-state index >= 15 is 0 Å². The molecule has 1 aromatic carbocycles. The lowest BCUT2D eigenvalue weighted by Crippen LogP contribution is -2.33. The molecule has 2 atom stereocenters. The van der Waals surface area contributed by atoms with Crippen molar-refractivity contribution < 1.29 is 0 Å². The number of thiazole rings is 1. The molecule has 2 N–H and O–H groups in total. The molecule has 3 heterocycles. The average Bonchev–Trinajstić information content (AvgIpc) is 3.32. The fourth-order valence-electron chi connectivity index (χ4n) is 4.38. The molecule has 0 amide bonds. The summed E-state index contributed by atoms with van der Waals surface area (Å²) >= 11 is 13.6. The van der Waals surface area contributed by atoms with Gasteiger partial charge in [-0.2, -0.15) is 0 Å². The van der Waals surface area contributed by atoms with E-state index < -0.39 is 0 Å². The summed E-state index contributed by atoms with van der Waals surface area (Å²) in [5.41, 5.74) is 3.82. The lowest BCUT2D eigenvalue weighted by atomic mass is 9.87. The summed E-state index contributed by atoms with van der Waals surface area (Å²) in [6.07, 6.45) is 8.32. The fraction of sp³-hybridized carbons (Fsp3) is 0.318. The first-order valence-corrected chi connectivity index (χ1v) is 11.6. The molecule has 154 valence electrons. The number of aromatic nitrogens is 3. The second kappa shape index (κ2) is 7.89. The van der Waals surface area contributed by atoms with E-state index in [1.807, 2.05) is 31.3 Å². The number of fused-ring (bicyclic) bond motifs is 2. The van der Waals surface area contributed by atoms with Crippen molar-refractivity contribution >= 4 is 47.3 Å². The summed E-state index contributed by atoms with van der Waals surface area (Å²) in [4.78, 5) is 21.5. The van der Waals surface area contributed by atoms with Gasteiger partial charge in [-0.1, -0.05) is 36.0 Å². The van der Waals surface area contributed by atoms with Gasteiger partial charge in [0.05, 0.1) is 21.5 Å². The van der Waals surface area contributed by atoms with Crippen molar-refractivity contribution in [3.05, 3.63) is 76.8 Å². The molecule has 1 fully saturated rings. The van der Waals surface area contributed by atoms with Crippen LogP contribution >= 0.6 is 35.2 Å². The van der Waals surface area contributed by atoms with E-state index in [9.17, 15) is 4.79 Å². The molecule has 8 heteroatoms. The Morgan fingerprint density at radius 2 is 2.20 bits per heavy atom.